The predicted molar refractivity (Wildman–Crippen MR) is 85.9 cm³/mol. The van der Waals surface area contributed by atoms with Gasteiger partial charge < -0.3 is 5.32 Å². The van der Waals surface area contributed by atoms with Gasteiger partial charge in [-0.1, -0.05) is 37.3 Å². The van der Waals surface area contributed by atoms with E-state index in [0.717, 1.165) is 24.4 Å². The molecule has 1 amide bonds. The third-order valence-corrected chi connectivity index (χ3v) is 5.06. The zero-order valence-electron chi connectivity index (χ0n) is 12.3. The zero-order chi connectivity index (χ0) is 14.4. The van der Waals surface area contributed by atoms with Crippen molar-refractivity contribution >= 4 is 17.7 Å². The molecule has 0 radical (unpaired) electrons. The van der Waals surface area contributed by atoms with Gasteiger partial charge in [0.25, 0.3) is 0 Å². The van der Waals surface area contributed by atoms with Crippen molar-refractivity contribution in [2.75, 3.05) is 18.8 Å². The Morgan fingerprint density at radius 3 is 2.90 bits per heavy atom. The molecule has 3 nitrogen and oxygen atoms in total. The van der Waals surface area contributed by atoms with Crippen molar-refractivity contribution in [2.45, 2.75) is 38.1 Å². The van der Waals surface area contributed by atoms with E-state index in [1.165, 1.54) is 6.42 Å². The average Bonchev–Trinajstić information content (AvgIpc) is 2.70. The first-order valence-corrected chi connectivity index (χ1v) is 8.39. The first-order valence-electron chi connectivity index (χ1n) is 7.34. The molecule has 20 heavy (non-hydrogen) atoms. The van der Waals surface area contributed by atoms with Gasteiger partial charge in [-0.3, -0.25) is 9.69 Å². The Kier molecular flexibility index (Phi) is 5.92. The number of hydrogen-bond acceptors (Lipinski definition) is 3. The lowest BCUT2D eigenvalue weighted by atomic mass is 10.2. The molecule has 1 aromatic rings. The van der Waals surface area contributed by atoms with E-state index >= 15 is 0 Å². The molecule has 4 heteroatoms. The van der Waals surface area contributed by atoms with Gasteiger partial charge in [0, 0.05) is 24.1 Å². The summed E-state index contributed by atoms with van der Waals surface area (Å²) < 4.78 is 0. The van der Waals surface area contributed by atoms with Crippen LogP contribution in [0.15, 0.2) is 30.3 Å². The van der Waals surface area contributed by atoms with Crippen LogP contribution in [0.4, 0.5) is 0 Å². The summed E-state index contributed by atoms with van der Waals surface area (Å²) in [6, 6.07) is 10.0. The monoisotopic (exact) mass is 292 g/mol. The maximum atomic E-state index is 12.2. The highest BCUT2D eigenvalue weighted by atomic mass is 32.2. The van der Waals surface area contributed by atoms with Crippen LogP contribution in [0.1, 0.15) is 25.8 Å². The number of rotatable bonds is 4. The maximum Gasteiger partial charge on any atom is 0.237 e. The molecule has 2 unspecified atom stereocenters. The van der Waals surface area contributed by atoms with E-state index in [0.29, 0.717) is 11.8 Å². The lowest BCUT2D eigenvalue weighted by molar-refractivity contribution is -0.126. The minimum absolute atomic E-state index is 0.0374. The Bertz CT molecular complexity index is 424. The Hall–Kier alpha value is -1.00. The van der Waals surface area contributed by atoms with Gasteiger partial charge >= 0.3 is 0 Å². The third kappa shape index (κ3) is 4.53. The second kappa shape index (κ2) is 7.70. The van der Waals surface area contributed by atoms with E-state index in [1.54, 1.807) is 0 Å². The number of nitrogens with one attached hydrogen (secondary N) is 1. The van der Waals surface area contributed by atoms with Crippen molar-refractivity contribution in [1.29, 1.82) is 0 Å². The first-order chi connectivity index (χ1) is 9.66. The molecule has 2 atom stereocenters. The fourth-order valence-electron chi connectivity index (χ4n) is 2.40. The second-order valence-corrected chi connectivity index (χ2v) is 6.93. The van der Waals surface area contributed by atoms with E-state index in [4.69, 9.17) is 0 Å². The van der Waals surface area contributed by atoms with Gasteiger partial charge in [-0.05, 0) is 25.5 Å². The number of carbonyl (C=O) groups is 1. The normalized spacial score (nSPS) is 22.0. The molecular weight excluding hydrogens is 268 g/mol. The van der Waals surface area contributed by atoms with Gasteiger partial charge in [0.05, 0.1) is 6.04 Å². The molecule has 0 aromatic heterocycles. The van der Waals surface area contributed by atoms with E-state index in [9.17, 15) is 4.79 Å². The highest BCUT2D eigenvalue weighted by molar-refractivity contribution is 7.99. The van der Waals surface area contributed by atoms with Crippen molar-refractivity contribution in [3.63, 3.8) is 0 Å². The van der Waals surface area contributed by atoms with Gasteiger partial charge in [-0.15, -0.1) is 0 Å². The molecule has 1 aromatic carbocycles. The molecule has 1 saturated heterocycles. The zero-order valence-corrected chi connectivity index (χ0v) is 13.2. The van der Waals surface area contributed by atoms with E-state index in [2.05, 4.69) is 17.1 Å². The molecule has 0 bridgehead atoms. The van der Waals surface area contributed by atoms with Gasteiger partial charge in [0.1, 0.15) is 0 Å². The second-order valence-electron chi connectivity index (χ2n) is 5.39. The maximum absolute atomic E-state index is 12.2. The lowest BCUT2D eigenvalue weighted by Crippen LogP contribution is -2.45. The average molecular weight is 292 g/mol. The molecule has 1 aliphatic rings. The van der Waals surface area contributed by atoms with Crippen LogP contribution in [0.3, 0.4) is 0 Å². The summed E-state index contributed by atoms with van der Waals surface area (Å²) >= 11 is 2.01. The van der Waals surface area contributed by atoms with Crippen LogP contribution in [0.2, 0.25) is 0 Å². The van der Waals surface area contributed by atoms with Crippen molar-refractivity contribution in [3.05, 3.63) is 35.9 Å². The molecule has 1 aliphatic heterocycles. The molecule has 2 rings (SSSR count). The molecule has 1 fully saturated rings. The third-order valence-electron chi connectivity index (χ3n) is 3.84. The number of nitrogens with zero attached hydrogens (tertiary/aromatic N) is 1. The summed E-state index contributed by atoms with van der Waals surface area (Å²) in [5, 5.41) is 3.75. The highest BCUT2D eigenvalue weighted by Gasteiger charge is 2.23. The van der Waals surface area contributed by atoms with Crippen LogP contribution < -0.4 is 5.32 Å². The number of benzene rings is 1. The van der Waals surface area contributed by atoms with Crippen molar-refractivity contribution in [3.8, 4) is 0 Å². The van der Waals surface area contributed by atoms with Crippen LogP contribution >= 0.6 is 11.8 Å². The number of thioether (sulfide) groups is 1. The summed E-state index contributed by atoms with van der Waals surface area (Å²) in [5.41, 5.74) is 1.15. The molecular formula is C16H24N2OS. The predicted octanol–water partition coefficient (Wildman–Crippen LogP) is 2.52. The Morgan fingerprint density at radius 2 is 2.15 bits per heavy atom. The number of hydrogen-bond donors (Lipinski definition) is 1. The Balaban J connectivity index is 1.82. The fraction of sp³-hybridized carbons (Fsp3) is 0.562. The summed E-state index contributed by atoms with van der Waals surface area (Å²) in [4.78, 5) is 14.6. The summed E-state index contributed by atoms with van der Waals surface area (Å²) in [6.45, 7) is 6.93. The van der Waals surface area contributed by atoms with Gasteiger partial charge in [0.2, 0.25) is 5.91 Å². The van der Waals surface area contributed by atoms with Crippen LogP contribution in [0.25, 0.3) is 0 Å². The van der Waals surface area contributed by atoms with Gasteiger partial charge in [-0.2, -0.15) is 11.8 Å². The fourth-order valence-corrected chi connectivity index (χ4v) is 3.41. The van der Waals surface area contributed by atoms with Crippen molar-refractivity contribution < 1.29 is 4.79 Å². The Labute approximate surface area is 126 Å². The Morgan fingerprint density at radius 1 is 1.40 bits per heavy atom. The van der Waals surface area contributed by atoms with Crippen LogP contribution in [-0.4, -0.2) is 40.9 Å². The summed E-state index contributed by atoms with van der Waals surface area (Å²) in [6.07, 6.45) is 1.17. The summed E-state index contributed by atoms with van der Waals surface area (Å²) in [7, 11) is 0. The number of carbonyl (C=O) groups excluding carboxylic acids is 1. The van der Waals surface area contributed by atoms with E-state index < -0.39 is 0 Å². The van der Waals surface area contributed by atoms with Crippen molar-refractivity contribution in [2.24, 2.45) is 0 Å². The lowest BCUT2D eigenvalue weighted by Gasteiger charge is -2.26. The van der Waals surface area contributed by atoms with Crippen LogP contribution in [0, 0.1) is 0 Å². The molecule has 1 N–H and O–H groups in total. The van der Waals surface area contributed by atoms with E-state index in [1.807, 2.05) is 49.0 Å². The standard InChI is InChI=1S/C16H24N2OS/c1-13-8-9-18(10-11-20-13)14(2)16(19)17-12-15-6-4-3-5-7-15/h3-7,13-14H,8-12H2,1-2H3,(H,17,19). The molecule has 1 heterocycles. The number of amides is 1. The van der Waals surface area contributed by atoms with E-state index in [-0.39, 0.29) is 11.9 Å². The molecule has 0 saturated carbocycles. The summed E-state index contributed by atoms with van der Waals surface area (Å²) in [5.74, 6) is 1.26. The topological polar surface area (TPSA) is 32.3 Å². The van der Waals surface area contributed by atoms with Crippen molar-refractivity contribution in [1.82, 2.24) is 10.2 Å². The van der Waals surface area contributed by atoms with Gasteiger partial charge in [-0.25, -0.2) is 0 Å². The molecule has 0 spiro atoms. The highest BCUT2D eigenvalue weighted by Crippen LogP contribution is 2.19. The SMILES string of the molecule is CC1CCN(C(C)C(=O)NCc2ccccc2)CCS1. The minimum atomic E-state index is -0.0374. The quantitative estimate of drug-likeness (QED) is 0.925. The molecule has 110 valence electrons. The first kappa shape index (κ1) is 15.4. The smallest absolute Gasteiger partial charge is 0.237 e. The van der Waals surface area contributed by atoms with Gasteiger partial charge in [0.15, 0.2) is 0 Å². The van der Waals surface area contributed by atoms with Crippen LogP contribution in [-0.2, 0) is 11.3 Å². The minimum Gasteiger partial charge on any atom is -0.351 e. The largest absolute Gasteiger partial charge is 0.351 e. The molecule has 0 aliphatic carbocycles. The van der Waals surface area contributed by atoms with Crippen LogP contribution in [0.5, 0.6) is 0 Å².